The Balaban J connectivity index is 1.44. The van der Waals surface area contributed by atoms with Crippen LogP contribution < -0.4 is 4.74 Å². The van der Waals surface area contributed by atoms with Gasteiger partial charge in [0.15, 0.2) is 0 Å². The number of para-hydroxylation sites is 1. The Morgan fingerprint density at radius 2 is 1.92 bits per heavy atom. The number of halogens is 1. The van der Waals surface area contributed by atoms with E-state index >= 15 is 0 Å². The number of hydrogen-bond acceptors (Lipinski definition) is 5. The van der Waals surface area contributed by atoms with Gasteiger partial charge in [0.2, 0.25) is 0 Å². The van der Waals surface area contributed by atoms with E-state index in [9.17, 15) is 9.18 Å². The summed E-state index contributed by atoms with van der Waals surface area (Å²) >= 11 is 1.51. The van der Waals surface area contributed by atoms with Gasteiger partial charge in [0.05, 0.1) is 10.2 Å². The zero-order valence-corrected chi connectivity index (χ0v) is 13.5. The molecule has 3 rings (SSSR count). The smallest absolute Gasteiger partial charge is 0.330 e. The van der Waals surface area contributed by atoms with E-state index in [4.69, 9.17) is 9.47 Å². The van der Waals surface area contributed by atoms with Crippen molar-refractivity contribution in [1.82, 2.24) is 4.98 Å². The lowest BCUT2D eigenvalue weighted by Gasteiger charge is -2.05. The molecule has 0 spiro atoms. The lowest BCUT2D eigenvalue weighted by atomic mass is 10.3. The Morgan fingerprint density at radius 3 is 2.71 bits per heavy atom. The quantitative estimate of drug-likeness (QED) is 0.384. The predicted octanol–water partition coefficient (Wildman–Crippen LogP) is 4.07. The average molecular weight is 343 g/mol. The summed E-state index contributed by atoms with van der Waals surface area (Å²) in [7, 11) is 0. The molecule has 1 aromatic heterocycles. The second-order valence-electron chi connectivity index (χ2n) is 4.82. The van der Waals surface area contributed by atoms with Gasteiger partial charge in [0, 0.05) is 6.08 Å². The molecule has 0 fully saturated rings. The van der Waals surface area contributed by atoms with Gasteiger partial charge in [-0.3, -0.25) is 0 Å². The maximum absolute atomic E-state index is 12.7. The highest BCUT2D eigenvalue weighted by Crippen LogP contribution is 2.22. The summed E-state index contributed by atoms with van der Waals surface area (Å²) in [6.07, 6.45) is 2.98. The van der Waals surface area contributed by atoms with Crippen LogP contribution in [0.1, 0.15) is 5.01 Å². The van der Waals surface area contributed by atoms with Crippen molar-refractivity contribution >= 4 is 33.6 Å². The van der Waals surface area contributed by atoms with E-state index in [-0.39, 0.29) is 19.0 Å². The van der Waals surface area contributed by atoms with Gasteiger partial charge >= 0.3 is 5.97 Å². The van der Waals surface area contributed by atoms with Crippen molar-refractivity contribution < 1.29 is 18.7 Å². The van der Waals surface area contributed by atoms with Crippen LogP contribution in [0.4, 0.5) is 4.39 Å². The maximum Gasteiger partial charge on any atom is 0.330 e. The molecule has 1 heterocycles. The molecule has 4 nitrogen and oxygen atoms in total. The molecule has 2 aromatic carbocycles. The molecule has 6 heteroatoms. The molecule has 3 aromatic rings. The second kappa shape index (κ2) is 7.70. The molecule has 0 saturated carbocycles. The van der Waals surface area contributed by atoms with E-state index in [1.165, 1.54) is 41.7 Å². The van der Waals surface area contributed by atoms with Gasteiger partial charge in [-0.15, -0.1) is 11.3 Å². The average Bonchev–Trinajstić information content (AvgIpc) is 3.01. The van der Waals surface area contributed by atoms with E-state index < -0.39 is 5.97 Å². The summed E-state index contributed by atoms with van der Waals surface area (Å²) in [5.74, 6) is -0.261. The minimum atomic E-state index is -0.461. The van der Waals surface area contributed by atoms with Crippen LogP contribution >= 0.6 is 11.3 Å². The Bertz CT molecular complexity index is 825. The standard InChI is InChI=1S/C18H14FNO3S/c19-13-5-7-14(8-6-13)22-11-12-23-18(21)10-9-17-20-15-3-1-2-4-16(15)24-17/h1-10H,11-12H2/b10-9+. The van der Waals surface area contributed by atoms with Crippen LogP contribution in [0.5, 0.6) is 5.75 Å². The van der Waals surface area contributed by atoms with Crippen molar-refractivity contribution in [2.24, 2.45) is 0 Å². The maximum atomic E-state index is 12.7. The van der Waals surface area contributed by atoms with Crippen molar-refractivity contribution in [3.8, 4) is 5.75 Å². The molecule has 0 unspecified atom stereocenters. The Kier molecular flexibility index (Phi) is 5.18. The molecule has 24 heavy (non-hydrogen) atoms. The lowest BCUT2D eigenvalue weighted by molar-refractivity contribution is -0.138. The summed E-state index contributed by atoms with van der Waals surface area (Å²) in [6.45, 7) is 0.312. The normalized spacial score (nSPS) is 11.0. The van der Waals surface area contributed by atoms with Crippen LogP contribution in [-0.4, -0.2) is 24.2 Å². The fourth-order valence-electron chi connectivity index (χ4n) is 1.98. The Labute approximate surface area is 142 Å². The van der Waals surface area contributed by atoms with Gasteiger partial charge in [0.1, 0.15) is 29.8 Å². The number of fused-ring (bicyclic) bond motifs is 1. The third-order valence-electron chi connectivity index (χ3n) is 3.08. The third kappa shape index (κ3) is 4.39. The van der Waals surface area contributed by atoms with Gasteiger partial charge in [-0.25, -0.2) is 14.2 Å². The van der Waals surface area contributed by atoms with Crippen molar-refractivity contribution in [1.29, 1.82) is 0 Å². The number of benzene rings is 2. The van der Waals surface area contributed by atoms with Crippen LogP contribution in [-0.2, 0) is 9.53 Å². The number of carbonyl (C=O) groups excluding carboxylic acids is 1. The molecule has 0 bridgehead atoms. The fourth-order valence-corrected chi connectivity index (χ4v) is 2.85. The summed E-state index contributed by atoms with van der Waals surface area (Å²) in [5.41, 5.74) is 0.906. The summed E-state index contributed by atoms with van der Waals surface area (Å²) < 4.78 is 24.2. The van der Waals surface area contributed by atoms with Gasteiger partial charge in [-0.2, -0.15) is 0 Å². The molecule has 0 saturated heterocycles. The number of nitrogens with zero attached hydrogens (tertiary/aromatic N) is 1. The van der Waals surface area contributed by atoms with Crippen LogP contribution in [0.2, 0.25) is 0 Å². The zero-order chi connectivity index (χ0) is 16.8. The van der Waals surface area contributed by atoms with Crippen LogP contribution in [0.3, 0.4) is 0 Å². The summed E-state index contributed by atoms with van der Waals surface area (Å²) in [5, 5.41) is 0.746. The van der Waals surface area contributed by atoms with Gasteiger partial charge < -0.3 is 9.47 Å². The Morgan fingerprint density at radius 1 is 1.12 bits per heavy atom. The first-order valence-electron chi connectivity index (χ1n) is 7.29. The highest BCUT2D eigenvalue weighted by Gasteiger charge is 2.02. The van der Waals surface area contributed by atoms with Gasteiger partial charge in [-0.05, 0) is 42.5 Å². The first kappa shape index (κ1) is 16.1. The SMILES string of the molecule is O=C(/C=C/c1nc2ccccc2s1)OCCOc1ccc(F)cc1. The first-order chi connectivity index (χ1) is 11.7. The van der Waals surface area contributed by atoms with Crippen LogP contribution in [0, 0.1) is 5.82 Å². The number of ether oxygens (including phenoxy) is 2. The highest BCUT2D eigenvalue weighted by molar-refractivity contribution is 7.19. The second-order valence-corrected chi connectivity index (χ2v) is 5.89. The van der Waals surface area contributed by atoms with Gasteiger partial charge in [0.25, 0.3) is 0 Å². The Hall–Kier alpha value is -2.73. The molecular weight excluding hydrogens is 329 g/mol. The van der Waals surface area contributed by atoms with Crippen molar-refractivity contribution in [3.05, 3.63) is 65.4 Å². The number of carbonyl (C=O) groups is 1. The minimum Gasteiger partial charge on any atom is -0.490 e. The number of esters is 1. The molecule has 0 aliphatic heterocycles. The minimum absolute atomic E-state index is 0.112. The van der Waals surface area contributed by atoms with Crippen molar-refractivity contribution in [3.63, 3.8) is 0 Å². The molecule has 0 aliphatic carbocycles. The molecule has 0 radical (unpaired) electrons. The van der Waals surface area contributed by atoms with Crippen molar-refractivity contribution in [2.45, 2.75) is 0 Å². The summed E-state index contributed by atoms with van der Waals surface area (Å²) in [4.78, 5) is 16.0. The number of hydrogen-bond donors (Lipinski definition) is 0. The molecule has 0 aliphatic rings. The number of aromatic nitrogens is 1. The summed E-state index contributed by atoms with van der Waals surface area (Å²) in [6, 6.07) is 13.4. The topological polar surface area (TPSA) is 48.4 Å². The van der Waals surface area contributed by atoms with E-state index in [0.29, 0.717) is 5.75 Å². The van der Waals surface area contributed by atoms with E-state index in [1.807, 2.05) is 24.3 Å². The van der Waals surface area contributed by atoms with Gasteiger partial charge in [-0.1, -0.05) is 12.1 Å². The lowest BCUT2D eigenvalue weighted by Crippen LogP contribution is -2.10. The van der Waals surface area contributed by atoms with Crippen LogP contribution in [0.15, 0.2) is 54.6 Å². The van der Waals surface area contributed by atoms with Crippen molar-refractivity contribution in [2.75, 3.05) is 13.2 Å². The molecule has 0 atom stereocenters. The number of thiazole rings is 1. The monoisotopic (exact) mass is 343 g/mol. The van der Waals surface area contributed by atoms with Crippen LogP contribution in [0.25, 0.3) is 16.3 Å². The van der Waals surface area contributed by atoms with E-state index in [0.717, 1.165) is 15.2 Å². The predicted molar refractivity (Wildman–Crippen MR) is 91.5 cm³/mol. The largest absolute Gasteiger partial charge is 0.490 e. The highest BCUT2D eigenvalue weighted by atomic mass is 32.1. The fraction of sp³-hybridized carbons (Fsp3) is 0.111. The van der Waals surface area contributed by atoms with E-state index in [2.05, 4.69) is 4.98 Å². The molecule has 122 valence electrons. The molecular formula is C18H14FNO3S. The molecule has 0 N–H and O–H groups in total. The first-order valence-corrected chi connectivity index (χ1v) is 8.11. The number of rotatable bonds is 6. The molecule has 0 amide bonds. The third-order valence-corrected chi connectivity index (χ3v) is 4.08. The van der Waals surface area contributed by atoms with E-state index in [1.54, 1.807) is 6.08 Å². The zero-order valence-electron chi connectivity index (χ0n) is 12.6.